The summed E-state index contributed by atoms with van der Waals surface area (Å²) in [5, 5.41) is 3.40. The first-order chi connectivity index (χ1) is 19.5. The van der Waals surface area contributed by atoms with E-state index in [1.165, 1.54) is 5.56 Å². The number of nitrogens with one attached hydrogen (secondary N) is 1. The average molecular weight is 562 g/mol. The first-order valence-electron chi connectivity index (χ1n) is 13.0. The molecule has 3 heterocycles. The van der Waals surface area contributed by atoms with Gasteiger partial charge >= 0.3 is 0 Å². The second-order valence-electron chi connectivity index (χ2n) is 9.58. The van der Waals surface area contributed by atoms with Gasteiger partial charge in [0.05, 0.1) is 20.3 Å². The fraction of sp³-hybridized carbons (Fsp3) is 0.310. The number of rotatable bonds is 10. The van der Waals surface area contributed by atoms with Crippen LogP contribution in [0.25, 0.3) is 5.95 Å². The Labute approximate surface area is 238 Å². The molecule has 1 saturated heterocycles. The minimum absolute atomic E-state index is 0.0351. The van der Waals surface area contributed by atoms with Gasteiger partial charge in [-0.05, 0) is 35.4 Å². The largest absolute Gasteiger partial charge is 0.497 e. The normalized spacial score (nSPS) is 15.6. The number of imidazole rings is 1. The summed E-state index contributed by atoms with van der Waals surface area (Å²) in [4.78, 5) is 30.9. The third-order valence-corrected chi connectivity index (χ3v) is 7.09. The lowest BCUT2D eigenvalue weighted by atomic mass is 10.1. The molecule has 208 valence electrons. The predicted molar refractivity (Wildman–Crippen MR) is 153 cm³/mol. The molecule has 0 aliphatic carbocycles. The predicted octanol–water partition coefficient (Wildman–Crippen LogP) is 3.73. The van der Waals surface area contributed by atoms with E-state index >= 15 is 0 Å². The Morgan fingerprint density at radius 2 is 1.70 bits per heavy atom. The molecule has 1 atom stereocenters. The minimum Gasteiger partial charge on any atom is -0.497 e. The number of piperazine rings is 1. The van der Waals surface area contributed by atoms with E-state index in [2.05, 4.69) is 37.2 Å². The Morgan fingerprint density at radius 1 is 1.00 bits per heavy atom. The Morgan fingerprint density at radius 3 is 2.35 bits per heavy atom. The molecule has 0 radical (unpaired) electrons. The lowest BCUT2D eigenvalue weighted by molar-refractivity contribution is -0.121. The minimum atomic E-state index is -0.121. The number of hydrogen-bond acceptors (Lipinski definition) is 8. The average Bonchev–Trinajstić information content (AvgIpc) is 3.52. The van der Waals surface area contributed by atoms with Crippen molar-refractivity contribution in [2.24, 2.45) is 0 Å². The lowest BCUT2D eigenvalue weighted by Crippen LogP contribution is -2.54. The van der Waals surface area contributed by atoms with Crippen LogP contribution in [-0.4, -0.2) is 70.2 Å². The highest BCUT2D eigenvalue weighted by atomic mass is 35.5. The molecular formula is C29H32ClN7O3. The summed E-state index contributed by atoms with van der Waals surface area (Å²) in [5.41, 5.74) is 2.19. The topological polar surface area (TPSA) is 97.6 Å². The van der Waals surface area contributed by atoms with Gasteiger partial charge in [-0.15, -0.1) is 0 Å². The molecule has 1 aliphatic heterocycles. The second kappa shape index (κ2) is 12.8. The van der Waals surface area contributed by atoms with Crippen molar-refractivity contribution in [2.45, 2.75) is 25.6 Å². The number of carbonyl (C=O) groups excluding carboxylic acids is 1. The van der Waals surface area contributed by atoms with Crippen LogP contribution < -0.4 is 19.7 Å². The zero-order valence-electron chi connectivity index (χ0n) is 22.5. The van der Waals surface area contributed by atoms with E-state index in [1.807, 2.05) is 36.4 Å². The highest BCUT2D eigenvalue weighted by Gasteiger charge is 2.30. The summed E-state index contributed by atoms with van der Waals surface area (Å²) < 4.78 is 12.2. The van der Waals surface area contributed by atoms with Crippen LogP contribution in [-0.2, 0) is 17.9 Å². The summed E-state index contributed by atoms with van der Waals surface area (Å²) in [7, 11) is 3.30. The molecule has 1 unspecified atom stereocenters. The fourth-order valence-electron chi connectivity index (χ4n) is 4.79. The number of methoxy groups -OCH3 is 2. The molecule has 0 spiro atoms. The summed E-state index contributed by atoms with van der Waals surface area (Å²) in [5.74, 6) is 2.69. The lowest BCUT2D eigenvalue weighted by Gasteiger charge is -2.42. The van der Waals surface area contributed by atoms with Gasteiger partial charge in [0.1, 0.15) is 28.8 Å². The second-order valence-corrected chi connectivity index (χ2v) is 9.97. The molecule has 1 amide bonds. The number of amides is 1. The standard InChI is InChI=1S/C29H32ClN7O3/c1-39-24-7-3-21(4-8-24)17-32-28(38)15-23-19-35(18-22-5-9-25(40-2)10-6-22)13-14-37(23)27-16-26(30)33-29(34-27)36-12-11-31-20-36/h3-12,16,20,23H,13-15,17-19H2,1-2H3,(H,32,38). The number of benzene rings is 2. The summed E-state index contributed by atoms with van der Waals surface area (Å²) in [6.07, 6.45) is 5.37. The molecule has 40 heavy (non-hydrogen) atoms. The van der Waals surface area contributed by atoms with Crippen molar-refractivity contribution in [1.29, 1.82) is 0 Å². The first-order valence-corrected chi connectivity index (χ1v) is 13.4. The van der Waals surface area contributed by atoms with Gasteiger partial charge < -0.3 is 19.7 Å². The van der Waals surface area contributed by atoms with E-state index in [9.17, 15) is 4.79 Å². The van der Waals surface area contributed by atoms with Crippen LogP contribution in [0.5, 0.6) is 11.5 Å². The maximum atomic E-state index is 13.2. The maximum absolute atomic E-state index is 13.2. The molecule has 1 aliphatic rings. The van der Waals surface area contributed by atoms with E-state index in [0.717, 1.165) is 30.2 Å². The van der Waals surface area contributed by atoms with E-state index in [-0.39, 0.29) is 11.9 Å². The van der Waals surface area contributed by atoms with E-state index in [4.69, 9.17) is 26.1 Å². The zero-order valence-corrected chi connectivity index (χ0v) is 23.3. The Hall–Kier alpha value is -4.15. The molecule has 0 saturated carbocycles. The van der Waals surface area contributed by atoms with Crippen LogP contribution >= 0.6 is 11.6 Å². The number of halogens is 1. The van der Waals surface area contributed by atoms with E-state index in [1.54, 1.807) is 43.6 Å². The number of nitrogens with zero attached hydrogens (tertiary/aromatic N) is 6. The summed E-state index contributed by atoms with van der Waals surface area (Å²) >= 11 is 6.42. The van der Waals surface area contributed by atoms with Gasteiger partial charge in [0.15, 0.2) is 0 Å². The van der Waals surface area contributed by atoms with E-state index in [0.29, 0.717) is 43.0 Å². The van der Waals surface area contributed by atoms with Crippen LogP contribution in [0.3, 0.4) is 0 Å². The van der Waals surface area contributed by atoms with Crippen molar-refractivity contribution >= 4 is 23.3 Å². The van der Waals surface area contributed by atoms with Gasteiger partial charge in [-0.2, -0.15) is 4.98 Å². The SMILES string of the molecule is COc1ccc(CNC(=O)CC2CN(Cc3ccc(OC)cc3)CCN2c2cc(Cl)nc(-n3ccnc3)n2)cc1. The molecule has 0 bridgehead atoms. The number of carbonyl (C=O) groups is 1. The molecular weight excluding hydrogens is 530 g/mol. The van der Waals surface area contributed by atoms with Crippen molar-refractivity contribution in [3.63, 3.8) is 0 Å². The smallest absolute Gasteiger partial charge is 0.238 e. The van der Waals surface area contributed by atoms with Crippen molar-refractivity contribution in [1.82, 2.24) is 29.7 Å². The highest BCUT2D eigenvalue weighted by molar-refractivity contribution is 6.29. The van der Waals surface area contributed by atoms with Crippen LogP contribution in [0, 0.1) is 0 Å². The first kappa shape index (κ1) is 27.4. The van der Waals surface area contributed by atoms with Gasteiger partial charge in [-0.1, -0.05) is 35.9 Å². The van der Waals surface area contributed by atoms with Gasteiger partial charge in [0, 0.05) is 57.6 Å². The van der Waals surface area contributed by atoms with Crippen LogP contribution in [0.1, 0.15) is 17.5 Å². The number of anilines is 1. The monoisotopic (exact) mass is 561 g/mol. The van der Waals surface area contributed by atoms with Crippen molar-refractivity contribution in [3.05, 3.63) is 89.6 Å². The molecule has 11 heteroatoms. The molecule has 1 fully saturated rings. The molecule has 1 N–H and O–H groups in total. The van der Waals surface area contributed by atoms with Crippen molar-refractivity contribution < 1.29 is 14.3 Å². The van der Waals surface area contributed by atoms with Gasteiger partial charge in [0.2, 0.25) is 11.9 Å². The molecule has 2 aromatic carbocycles. The number of hydrogen-bond donors (Lipinski definition) is 1. The van der Waals surface area contributed by atoms with Crippen molar-refractivity contribution in [2.75, 3.05) is 38.8 Å². The number of ether oxygens (including phenoxy) is 2. The Bertz CT molecular complexity index is 1400. The third-order valence-electron chi connectivity index (χ3n) is 6.90. The zero-order chi connectivity index (χ0) is 27.9. The third kappa shape index (κ3) is 6.88. The van der Waals surface area contributed by atoms with Gasteiger partial charge in [0.25, 0.3) is 0 Å². The quantitative estimate of drug-likeness (QED) is 0.293. The fourth-order valence-corrected chi connectivity index (χ4v) is 4.97. The number of aromatic nitrogens is 4. The van der Waals surface area contributed by atoms with E-state index < -0.39 is 0 Å². The molecule has 10 nitrogen and oxygen atoms in total. The van der Waals surface area contributed by atoms with Crippen LogP contribution in [0.2, 0.25) is 5.15 Å². The van der Waals surface area contributed by atoms with Crippen LogP contribution in [0.4, 0.5) is 5.82 Å². The van der Waals surface area contributed by atoms with Gasteiger partial charge in [-0.3, -0.25) is 14.3 Å². The molecule has 4 aromatic rings. The Balaban J connectivity index is 1.32. The molecule has 2 aromatic heterocycles. The van der Waals surface area contributed by atoms with Crippen LogP contribution in [0.15, 0.2) is 73.3 Å². The van der Waals surface area contributed by atoms with Crippen molar-refractivity contribution in [3.8, 4) is 17.4 Å². The Kier molecular flexibility index (Phi) is 8.78. The summed E-state index contributed by atoms with van der Waals surface area (Å²) in [6, 6.07) is 17.4. The maximum Gasteiger partial charge on any atom is 0.238 e. The van der Waals surface area contributed by atoms with Gasteiger partial charge in [-0.25, -0.2) is 9.97 Å². The summed E-state index contributed by atoms with van der Waals surface area (Å²) in [6.45, 7) is 3.38. The molecule has 5 rings (SSSR count). The highest BCUT2D eigenvalue weighted by Crippen LogP contribution is 2.25.